The van der Waals surface area contributed by atoms with Gasteiger partial charge in [-0.05, 0) is 42.2 Å². The van der Waals surface area contributed by atoms with Gasteiger partial charge in [0.25, 0.3) is 0 Å². The molecule has 1 N–H and O–H groups in total. The summed E-state index contributed by atoms with van der Waals surface area (Å²) in [4.78, 5) is 24.5. The van der Waals surface area contributed by atoms with E-state index in [9.17, 15) is 23.1 Å². The SMILES string of the molecule is O=C(O[C@@H]1C[N+]2(CCCc3cccs3)CCC1CC2)[C@](O)(c1cccs1)C1CCCC1.O=C([O-])C(F)(F)F. The topological polar surface area (TPSA) is 86.7 Å². The van der Waals surface area contributed by atoms with Crippen LogP contribution in [-0.4, -0.2) is 60.0 Å². The maximum Gasteiger partial charge on any atom is 0.430 e. The molecule has 1 saturated carbocycles. The zero-order valence-electron chi connectivity index (χ0n) is 21.2. The Hall–Kier alpha value is -1.95. The molecule has 4 fully saturated rings. The molecule has 0 radical (unpaired) electrons. The Bertz CT molecular complexity index is 1050. The van der Waals surface area contributed by atoms with Crippen LogP contribution in [-0.2, 0) is 26.3 Å². The molecule has 210 valence electrons. The van der Waals surface area contributed by atoms with E-state index in [0.717, 1.165) is 67.4 Å². The van der Waals surface area contributed by atoms with Gasteiger partial charge in [0.15, 0.2) is 11.7 Å². The average molecular weight is 574 g/mol. The summed E-state index contributed by atoms with van der Waals surface area (Å²) >= 11 is 3.32. The number of carboxylic acids is 1. The highest BCUT2D eigenvalue weighted by atomic mass is 32.1. The van der Waals surface area contributed by atoms with E-state index in [1.54, 1.807) is 0 Å². The molecule has 3 aliphatic heterocycles. The highest BCUT2D eigenvalue weighted by Gasteiger charge is 2.53. The van der Waals surface area contributed by atoms with Crippen LogP contribution in [0, 0.1) is 11.8 Å². The third-order valence-electron chi connectivity index (χ3n) is 8.32. The number of halogens is 3. The molecular weight excluding hydrogens is 539 g/mol. The molecule has 6 nitrogen and oxygen atoms in total. The largest absolute Gasteiger partial charge is 0.542 e. The zero-order chi connectivity index (χ0) is 27.4. The summed E-state index contributed by atoms with van der Waals surface area (Å²) in [6, 6.07) is 8.19. The lowest BCUT2D eigenvalue weighted by molar-refractivity contribution is -0.946. The molecule has 1 aliphatic carbocycles. The molecule has 0 amide bonds. The number of ether oxygens (including phenoxy) is 1. The van der Waals surface area contributed by atoms with E-state index in [1.165, 1.54) is 35.7 Å². The zero-order valence-corrected chi connectivity index (χ0v) is 22.8. The number of aryl methyl sites for hydroxylation is 1. The maximum absolute atomic E-state index is 13.5. The fourth-order valence-corrected chi connectivity index (χ4v) is 7.89. The first-order chi connectivity index (χ1) is 18.0. The molecule has 2 bridgehead atoms. The minimum absolute atomic E-state index is 0.0197. The Kier molecular flexibility index (Phi) is 9.22. The lowest BCUT2D eigenvalue weighted by Gasteiger charge is -2.52. The van der Waals surface area contributed by atoms with Crippen molar-refractivity contribution in [3.05, 3.63) is 44.8 Å². The standard InChI is InChI=1S/C25H34NO3S2.C2HF3O2/c27-24(25(28,20-6-1-2-7-20)23-10-5-17-31-23)29-22-18-26(14-11-19(22)12-15-26)13-3-8-21-9-4-16-30-21;3-2(4,5)1(6)7/h4-5,9-10,16-17,19-20,22,28H,1-3,6-8,11-15,18H2;(H,6,7)/q+1;/p-1/t19?,22-,25-,26?;/m1./s1. The molecule has 38 heavy (non-hydrogen) atoms. The van der Waals surface area contributed by atoms with E-state index in [0.29, 0.717) is 5.92 Å². The quantitative estimate of drug-likeness (QED) is 0.377. The smallest absolute Gasteiger partial charge is 0.430 e. The number of esters is 1. The number of fused-ring (bicyclic) bond motifs is 3. The second-order valence-electron chi connectivity index (χ2n) is 10.7. The van der Waals surface area contributed by atoms with Gasteiger partial charge in [0.2, 0.25) is 0 Å². The molecule has 6 rings (SSSR count). The number of thiophene rings is 2. The molecule has 2 aromatic rings. The highest BCUT2D eigenvalue weighted by Crippen LogP contribution is 2.44. The predicted molar refractivity (Wildman–Crippen MR) is 136 cm³/mol. The van der Waals surface area contributed by atoms with Crippen molar-refractivity contribution in [3.63, 3.8) is 0 Å². The molecule has 11 heteroatoms. The number of carboxylic acid groups (broad SMARTS) is 1. The van der Waals surface area contributed by atoms with Crippen LogP contribution in [0.15, 0.2) is 35.0 Å². The van der Waals surface area contributed by atoms with Crippen molar-refractivity contribution in [1.29, 1.82) is 0 Å². The maximum atomic E-state index is 13.5. The summed E-state index contributed by atoms with van der Waals surface area (Å²) in [7, 11) is 0. The Morgan fingerprint density at radius 3 is 2.24 bits per heavy atom. The predicted octanol–water partition coefficient (Wildman–Crippen LogP) is 4.27. The summed E-state index contributed by atoms with van der Waals surface area (Å²) in [5.74, 6) is -2.96. The first kappa shape index (κ1) is 29.0. The number of alkyl halides is 3. The average Bonchev–Trinajstić information content (AvgIpc) is 3.68. The molecule has 5 heterocycles. The fourth-order valence-electron chi connectivity index (χ4n) is 6.25. The second kappa shape index (κ2) is 12.1. The van der Waals surface area contributed by atoms with Crippen molar-refractivity contribution in [2.45, 2.75) is 69.2 Å². The third kappa shape index (κ3) is 6.60. The van der Waals surface area contributed by atoms with Crippen molar-refractivity contribution in [1.82, 2.24) is 0 Å². The monoisotopic (exact) mass is 573 g/mol. The number of nitrogens with zero attached hydrogens (tertiary/aromatic N) is 1. The normalized spacial score (nSPS) is 26.8. The number of carbonyl (C=O) groups is 2. The molecular formula is C27H34F3NO5S2. The van der Waals surface area contributed by atoms with Crippen molar-refractivity contribution in [2.75, 3.05) is 26.2 Å². The van der Waals surface area contributed by atoms with Crippen LogP contribution in [0.25, 0.3) is 0 Å². The number of aliphatic hydroxyl groups is 1. The third-order valence-corrected chi connectivity index (χ3v) is 10.3. The van der Waals surface area contributed by atoms with Gasteiger partial charge in [-0.3, -0.25) is 0 Å². The Morgan fingerprint density at radius 2 is 1.68 bits per heavy atom. The summed E-state index contributed by atoms with van der Waals surface area (Å²) in [5, 5.41) is 24.6. The second-order valence-corrected chi connectivity index (χ2v) is 12.6. The summed E-state index contributed by atoms with van der Waals surface area (Å²) < 4.78 is 38.8. The lowest BCUT2D eigenvalue weighted by Crippen LogP contribution is -2.65. The van der Waals surface area contributed by atoms with E-state index in [4.69, 9.17) is 14.6 Å². The summed E-state index contributed by atoms with van der Waals surface area (Å²) in [6.45, 7) is 4.50. The van der Waals surface area contributed by atoms with E-state index in [2.05, 4.69) is 17.5 Å². The molecule has 2 aromatic heterocycles. The van der Waals surface area contributed by atoms with Crippen molar-refractivity contribution in [2.24, 2.45) is 11.8 Å². The van der Waals surface area contributed by atoms with E-state index < -0.39 is 23.7 Å². The molecule has 0 aromatic carbocycles. The Labute approximate surface area is 228 Å². The fraction of sp³-hybridized carbons (Fsp3) is 0.630. The Balaban J connectivity index is 0.000000426. The van der Waals surface area contributed by atoms with Gasteiger partial charge in [0.1, 0.15) is 12.5 Å². The first-order valence-corrected chi connectivity index (χ1v) is 14.9. The van der Waals surface area contributed by atoms with Gasteiger partial charge in [-0.25, -0.2) is 4.79 Å². The minimum atomic E-state index is -5.19. The van der Waals surface area contributed by atoms with Gasteiger partial charge >= 0.3 is 12.1 Å². The van der Waals surface area contributed by atoms with Gasteiger partial charge in [-0.15, -0.1) is 22.7 Å². The molecule has 0 spiro atoms. The summed E-state index contributed by atoms with van der Waals surface area (Å²) in [5.41, 5.74) is -1.47. The minimum Gasteiger partial charge on any atom is -0.542 e. The van der Waals surface area contributed by atoms with Crippen molar-refractivity contribution >= 4 is 34.6 Å². The number of aliphatic carboxylic acids is 1. The highest BCUT2D eigenvalue weighted by molar-refractivity contribution is 7.10. The van der Waals surface area contributed by atoms with Crippen molar-refractivity contribution < 1.29 is 42.2 Å². The number of carbonyl (C=O) groups excluding carboxylic acids is 2. The molecule has 4 aliphatic rings. The number of hydrogen-bond donors (Lipinski definition) is 1. The van der Waals surface area contributed by atoms with Gasteiger partial charge in [-0.2, -0.15) is 13.2 Å². The van der Waals surface area contributed by atoms with E-state index in [-0.39, 0.29) is 12.0 Å². The number of piperidine rings is 3. The van der Waals surface area contributed by atoms with Crippen LogP contribution >= 0.6 is 22.7 Å². The summed E-state index contributed by atoms with van der Waals surface area (Å²) in [6.07, 6.45) is 3.34. The van der Waals surface area contributed by atoms with Crippen LogP contribution in [0.4, 0.5) is 13.2 Å². The van der Waals surface area contributed by atoms with Crippen LogP contribution in [0.5, 0.6) is 0 Å². The number of rotatable bonds is 8. The number of hydrogen-bond acceptors (Lipinski definition) is 7. The van der Waals surface area contributed by atoms with Crippen molar-refractivity contribution in [3.8, 4) is 0 Å². The Morgan fingerprint density at radius 1 is 1.05 bits per heavy atom. The van der Waals surface area contributed by atoms with E-state index >= 15 is 0 Å². The van der Waals surface area contributed by atoms with Gasteiger partial charge in [0.05, 0.1) is 19.6 Å². The van der Waals surface area contributed by atoms with Crippen LogP contribution < -0.4 is 5.11 Å². The van der Waals surface area contributed by atoms with E-state index in [1.807, 2.05) is 28.8 Å². The molecule has 2 atom stereocenters. The number of quaternary nitrogens is 1. The lowest BCUT2D eigenvalue weighted by atomic mass is 9.82. The van der Waals surface area contributed by atoms with Crippen LogP contribution in [0.2, 0.25) is 0 Å². The van der Waals surface area contributed by atoms with Gasteiger partial charge < -0.3 is 24.2 Å². The van der Waals surface area contributed by atoms with Gasteiger partial charge in [0, 0.05) is 40.9 Å². The molecule has 0 unspecified atom stereocenters. The first-order valence-electron chi connectivity index (χ1n) is 13.2. The molecule has 3 saturated heterocycles. The van der Waals surface area contributed by atoms with Crippen LogP contribution in [0.1, 0.15) is 54.7 Å². The van der Waals surface area contributed by atoms with Crippen LogP contribution in [0.3, 0.4) is 0 Å². The van der Waals surface area contributed by atoms with Gasteiger partial charge in [-0.1, -0.05) is 25.0 Å².